The lowest BCUT2D eigenvalue weighted by molar-refractivity contribution is 0.128. The van der Waals surface area contributed by atoms with Gasteiger partial charge in [0, 0.05) is 17.9 Å². The van der Waals surface area contributed by atoms with E-state index < -0.39 is 0 Å². The molecule has 0 spiro atoms. The summed E-state index contributed by atoms with van der Waals surface area (Å²) in [5.74, 6) is 0.819. The van der Waals surface area contributed by atoms with Crippen LogP contribution in [-0.2, 0) is 17.8 Å². The fourth-order valence-electron chi connectivity index (χ4n) is 1.25. The second kappa shape index (κ2) is 5.22. The van der Waals surface area contributed by atoms with Crippen LogP contribution in [0.4, 0.5) is 0 Å². The van der Waals surface area contributed by atoms with Crippen molar-refractivity contribution in [2.45, 2.75) is 33.8 Å². The highest BCUT2D eigenvalue weighted by Crippen LogP contribution is 2.07. The zero-order valence-corrected chi connectivity index (χ0v) is 9.70. The second-order valence-corrected chi connectivity index (χ2v) is 3.47. The molecule has 1 rings (SSSR count). The first-order valence-corrected chi connectivity index (χ1v) is 5.26. The molecule has 0 bridgehead atoms. The van der Waals surface area contributed by atoms with E-state index in [1.807, 2.05) is 13.8 Å². The van der Waals surface area contributed by atoms with Gasteiger partial charge in [0.1, 0.15) is 17.1 Å². The van der Waals surface area contributed by atoms with E-state index in [0.717, 1.165) is 23.5 Å². The average molecular weight is 212 g/mol. The number of H-pyrrole nitrogens is 1. The maximum absolute atomic E-state index is 5.27. The van der Waals surface area contributed by atoms with Gasteiger partial charge in [-0.1, -0.05) is 19.1 Å². The summed E-state index contributed by atoms with van der Waals surface area (Å²) in [7, 11) is 0. The van der Waals surface area contributed by atoms with Crippen molar-refractivity contribution in [3.05, 3.63) is 21.7 Å². The quantitative estimate of drug-likeness (QED) is 0.779. The standard InChI is InChI=1S/C10H16N2OS/c1-4-8-7(3)10(14)12-9(11-8)6-13-5-2/h4-6H2,1-3H3,(H,11,12,14). The number of nitrogens with one attached hydrogen (secondary N) is 1. The molecule has 1 heterocycles. The number of hydrogen-bond acceptors (Lipinski definition) is 3. The van der Waals surface area contributed by atoms with Crippen molar-refractivity contribution >= 4 is 12.2 Å². The molecule has 0 aromatic carbocycles. The number of nitrogens with zero attached hydrogens (tertiary/aromatic N) is 1. The van der Waals surface area contributed by atoms with Gasteiger partial charge in [-0.2, -0.15) is 0 Å². The third kappa shape index (κ3) is 2.62. The summed E-state index contributed by atoms with van der Waals surface area (Å²) in [6.07, 6.45) is 0.942. The minimum atomic E-state index is 0.507. The van der Waals surface area contributed by atoms with Crippen molar-refractivity contribution in [3.63, 3.8) is 0 Å². The van der Waals surface area contributed by atoms with Crippen molar-refractivity contribution in [1.29, 1.82) is 0 Å². The third-order valence-electron chi connectivity index (χ3n) is 2.10. The number of aromatic amines is 1. The molecule has 0 fully saturated rings. The van der Waals surface area contributed by atoms with Crippen molar-refractivity contribution in [1.82, 2.24) is 9.97 Å². The monoisotopic (exact) mass is 212 g/mol. The van der Waals surface area contributed by atoms with Gasteiger partial charge in [-0.3, -0.25) is 0 Å². The Morgan fingerprint density at radius 3 is 2.71 bits per heavy atom. The zero-order chi connectivity index (χ0) is 10.6. The summed E-state index contributed by atoms with van der Waals surface area (Å²) in [4.78, 5) is 7.49. The van der Waals surface area contributed by atoms with E-state index in [9.17, 15) is 0 Å². The molecule has 4 heteroatoms. The van der Waals surface area contributed by atoms with Crippen LogP contribution >= 0.6 is 12.2 Å². The van der Waals surface area contributed by atoms with Gasteiger partial charge in [-0.25, -0.2) is 4.98 Å². The molecule has 1 aromatic rings. The van der Waals surface area contributed by atoms with Crippen LogP contribution in [0.3, 0.4) is 0 Å². The number of rotatable bonds is 4. The van der Waals surface area contributed by atoms with Gasteiger partial charge in [0.15, 0.2) is 0 Å². The predicted molar refractivity (Wildman–Crippen MR) is 58.9 cm³/mol. The van der Waals surface area contributed by atoms with E-state index >= 15 is 0 Å². The van der Waals surface area contributed by atoms with Gasteiger partial charge in [0.05, 0.1) is 0 Å². The van der Waals surface area contributed by atoms with Gasteiger partial charge in [-0.15, -0.1) is 0 Å². The lowest BCUT2D eigenvalue weighted by Crippen LogP contribution is -2.04. The number of aryl methyl sites for hydroxylation is 1. The van der Waals surface area contributed by atoms with Gasteiger partial charge in [0.25, 0.3) is 0 Å². The molecule has 3 nitrogen and oxygen atoms in total. The highest BCUT2D eigenvalue weighted by atomic mass is 32.1. The van der Waals surface area contributed by atoms with Crippen LogP contribution in [0.25, 0.3) is 0 Å². The molecule has 1 aromatic heterocycles. The molecule has 0 saturated heterocycles. The Hall–Kier alpha value is -0.740. The first-order chi connectivity index (χ1) is 6.69. The van der Waals surface area contributed by atoms with Crippen LogP contribution < -0.4 is 0 Å². The van der Waals surface area contributed by atoms with Crippen molar-refractivity contribution in [2.24, 2.45) is 0 Å². The average Bonchev–Trinajstić information content (AvgIpc) is 2.19. The molecule has 0 unspecified atom stereocenters. The normalized spacial score (nSPS) is 10.5. The molecule has 0 aliphatic rings. The molecular weight excluding hydrogens is 196 g/mol. The van der Waals surface area contributed by atoms with Crippen molar-refractivity contribution < 1.29 is 4.74 Å². The van der Waals surface area contributed by atoms with Gasteiger partial charge in [-0.05, 0) is 20.3 Å². The van der Waals surface area contributed by atoms with Gasteiger partial charge >= 0.3 is 0 Å². The largest absolute Gasteiger partial charge is 0.374 e. The van der Waals surface area contributed by atoms with Crippen LogP contribution in [0.2, 0.25) is 0 Å². The van der Waals surface area contributed by atoms with Crippen LogP contribution in [0.15, 0.2) is 0 Å². The van der Waals surface area contributed by atoms with Gasteiger partial charge < -0.3 is 9.72 Å². The van der Waals surface area contributed by atoms with Crippen LogP contribution in [0, 0.1) is 11.6 Å². The van der Waals surface area contributed by atoms with E-state index in [0.29, 0.717) is 17.9 Å². The Morgan fingerprint density at radius 1 is 1.43 bits per heavy atom. The van der Waals surface area contributed by atoms with Crippen molar-refractivity contribution in [3.8, 4) is 0 Å². The first-order valence-electron chi connectivity index (χ1n) is 4.85. The Morgan fingerprint density at radius 2 is 2.14 bits per heavy atom. The highest BCUT2D eigenvalue weighted by Gasteiger charge is 2.02. The van der Waals surface area contributed by atoms with E-state index in [2.05, 4.69) is 16.9 Å². The molecule has 0 aliphatic carbocycles. The molecule has 0 atom stereocenters. The Labute approximate surface area is 89.5 Å². The third-order valence-corrected chi connectivity index (χ3v) is 2.50. The Kier molecular flexibility index (Phi) is 4.22. The van der Waals surface area contributed by atoms with E-state index in [-0.39, 0.29) is 0 Å². The predicted octanol–water partition coefficient (Wildman–Crippen LogP) is 2.55. The first kappa shape index (κ1) is 11.3. The lowest BCUT2D eigenvalue weighted by Gasteiger charge is -2.07. The highest BCUT2D eigenvalue weighted by molar-refractivity contribution is 7.71. The molecule has 0 radical (unpaired) electrons. The van der Waals surface area contributed by atoms with E-state index in [4.69, 9.17) is 17.0 Å². The lowest BCUT2D eigenvalue weighted by atomic mass is 10.2. The van der Waals surface area contributed by atoms with Crippen LogP contribution in [0.5, 0.6) is 0 Å². The maximum atomic E-state index is 5.27. The maximum Gasteiger partial charge on any atom is 0.134 e. The summed E-state index contributed by atoms with van der Waals surface area (Å²) in [5.41, 5.74) is 2.22. The summed E-state index contributed by atoms with van der Waals surface area (Å²) in [5, 5.41) is 0. The van der Waals surface area contributed by atoms with E-state index in [1.54, 1.807) is 0 Å². The fraction of sp³-hybridized carbons (Fsp3) is 0.600. The molecular formula is C10H16N2OS. The van der Waals surface area contributed by atoms with E-state index in [1.165, 1.54) is 0 Å². The minimum Gasteiger partial charge on any atom is -0.374 e. The molecule has 78 valence electrons. The van der Waals surface area contributed by atoms with Crippen LogP contribution in [-0.4, -0.2) is 16.6 Å². The summed E-state index contributed by atoms with van der Waals surface area (Å²) >= 11 is 5.16. The van der Waals surface area contributed by atoms with Crippen LogP contribution in [0.1, 0.15) is 30.9 Å². The second-order valence-electron chi connectivity index (χ2n) is 3.08. The SMILES string of the molecule is CCOCc1nc(=S)c(C)c(CC)[nH]1. The molecule has 14 heavy (non-hydrogen) atoms. The summed E-state index contributed by atoms with van der Waals surface area (Å²) in [6, 6.07) is 0. The smallest absolute Gasteiger partial charge is 0.134 e. The van der Waals surface area contributed by atoms with Gasteiger partial charge in [0.2, 0.25) is 0 Å². The minimum absolute atomic E-state index is 0.507. The molecule has 0 amide bonds. The Balaban J connectivity index is 2.98. The summed E-state index contributed by atoms with van der Waals surface area (Å²) < 4.78 is 5.95. The molecule has 0 saturated carbocycles. The topological polar surface area (TPSA) is 37.9 Å². The zero-order valence-electron chi connectivity index (χ0n) is 8.89. The van der Waals surface area contributed by atoms with Crippen molar-refractivity contribution in [2.75, 3.05) is 6.61 Å². The molecule has 0 aliphatic heterocycles. The number of aromatic nitrogens is 2. The Bertz CT molecular complexity index is 360. The summed E-state index contributed by atoms with van der Waals surface area (Å²) in [6.45, 7) is 7.25. The number of ether oxygens (including phenoxy) is 1. The number of hydrogen-bond donors (Lipinski definition) is 1. The molecule has 1 N–H and O–H groups in total. The fourth-order valence-corrected chi connectivity index (χ4v) is 1.49.